The highest BCUT2D eigenvalue weighted by Crippen LogP contribution is 2.21. The third-order valence-corrected chi connectivity index (χ3v) is 3.68. The van der Waals surface area contributed by atoms with Crippen LogP contribution in [0.1, 0.15) is 31.2 Å². The Morgan fingerprint density at radius 3 is 2.57 bits per heavy atom. The van der Waals surface area contributed by atoms with E-state index in [2.05, 4.69) is 5.32 Å². The minimum atomic E-state index is -0.342. The molecule has 5 heteroatoms. The van der Waals surface area contributed by atoms with Crippen molar-refractivity contribution < 1.29 is 14.3 Å². The van der Waals surface area contributed by atoms with Gasteiger partial charge in [-0.05, 0) is 31.2 Å². The van der Waals surface area contributed by atoms with Crippen LogP contribution in [0.4, 0.5) is 4.79 Å². The number of benzene rings is 1. The van der Waals surface area contributed by atoms with Gasteiger partial charge in [-0.15, -0.1) is 0 Å². The van der Waals surface area contributed by atoms with Gasteiger partial charge in [0.05, 0.1) is 12.7 Å². The maximum atomic E-state index is 11.8. The first kappa shape index (κ1) is 15.8. The quantitative estimate of drug-likeness (QED) is 0.843. The lowest BCUT2D eigenvalue weighted by Gasteiger charge is -2.28. The Balaban J connectivity index is 1.63. The zero-order chi connectivity index (χ0) is 14.9. The molecule has 3 N–H and O–H groups in total. The summed E-state index contributed by atoms with van der Waals surface area (Å²) in [6.07, 6.45) is 3.72. The van der Waals surface area contributed by atoms with Crippen molar-refractivity contribution in [1.29, 1.82) is 0 Å². The van der Waals surface area contributed by atoms with Crippen molar-refractivity contribution in [2.24, 2.45) is 5.73 Å². The van der Waals surface area contributed by atoms with Crippen LogP contribution in [0.3, 0.4) is 0 Å². The molecule has 1 amide bonds. The lowest BCUT2D eigenvalue weighted by atomic mass is 9.93. The van der Waals surface area contributed by atoms with E-state index in [1.54, 1.807) is 0 Å². The number of hydrogen-bond donors (Lipinski definition) is 2. The van der Waals surface area contributed by atoms with E-state index in [4.69, 9.17) is 15.2 Å². The van der Waals surface area contributed by atoms with Crippen LogP contribution in [-0.4, -0.2) is 31.4 Å². The third kappa shape index (κ3) is 5.73. The van der Waals surface area contributed by atoms with E-state index in [-0.39, 0.29) is 18.2 Å². The van der Waals surface area contributed by atoms with Crippen molar-refractivity contribution in [2.75, 3.05) is 13.2 Å². The van der Waals surface area contributed by atoms with Crippen LogP contribution in [0, 0.1) is 0 Å². The minimum absolute atomic E-state index is 0.186. The number of alkyl carbamates (subject to hydrolysis) is 1. The monoisotopic (exact) mass is 292 g/mol. The molecular formula is C16H24N2O3. The number of carbonyl (C=O) groups is 1. The first-order valence-corrected chi connectivity index (χ1v) is 7.57. The molecule has 0 aliphatic heterocycles. The predicted molar refractivity (Wildman–Crippen MR) is 80.8 cm³/mol. The van der Waals surface area contributed by atoms with Crippen molar-refractivity contribution >= 4 is 6.09 Å². The number of amides is 1. The van der Waals surface area contributed by atoms with E-state index in [0.29, 0.717) is 19.8 Å². The number of carbonyl (C=O) groups excluding carboxylic acids is 1. The van der Waals surface area contributed by atoms with Crippen LogP contribution in [-0.2, 0) is 16.1 Å². The van der Waals surface area contributed by atoms with Crippen molar-refractivity contribution in [3.05, 3.63) is 35.9 Å². The number of ether oxygens (including phenoxy) is 2. The summed E-state index contributed by atoms with van der Waals surface area (Å²) in [5.74, 6) is 0. The van der Waals surface area contributed by atoms with Crippen LogP contribution in [0.2, 0.25) is 0 Å². The van der Waals surface area contributed by atoms with Crippen molar-refractivity contribution in [1.82, 2.24) is 5.32 Å². The zero-order valence-corrected chi connectivity index (χ0v) is 12.3. The fraction of sp³-hybridized carbons (Fsp3) is 0.562. The van der Waals surface area contributed by atoms with Crippen LogP contribution < -0.4 is 11.1 Å². The Morgan fingerprint density at radius 1 is 1.19 bits per heavy atom. The lowest BCUT2D eigenvalue weighted by molar-refractivity contribution is 0.0264. The molecule has 1 aromatic carbocycles. The highest BCUT2D eigenvalue weighted by Gasteiger charge is 2.23. The normalized spacial score (nSPS) is 21.8. The maximum Gasteiger partial charge on any atom is 0.407 e. The van der Waals surface area contributed by atoms with Gasteiger partial charge in [0.2, 0.25) is 0 Å². The Bertz CT molecular complexity index is 417. The fourth-order valence-corrected chi connectivity index (χ4v) is 2.54. The summed E-state index contributed by atoms with van der Waals surface area (Å²) >= 11 is 0. The molecule has 116 valence electrons. The van der Waals surface area contributed by atoms with Gasteiger partial charge in [-0.2, -0.15) is 0 Å². The van der Waals surface area contributed by atoms with Crippen LogP contribution in [0.25, 0.3) is 0 Å². The molecule has 0 spiro atoms. The van der Waals surface area contributed by atoms with E-state index in [9.17, 15) is 4.79 Å². The average molecular weight is 292 g/mol. The largest absolute Gasteiger partial charge is 0.445 e. The third-order valence-electron chi connectivity index (χ3n) is 3.68. The fourth-order valence-electron chi connectivity index (χ4n) is 2.54. The summed E-state index contributed by atoms with van der Waals surface area (Å²) in [5.41, 5.74) is 6.41. The molecular weight excluding hydrogens is 268 g/mol. The standard InChI is InChI=1S/C16H24N2O3/c17-10-11-20-15-8-6-14(7-9-15)18-16(19)21-12-13-4-2-1-3-5-13/h1-5,14-15H,6-12,17H2,(H,18,19). The van der Waals surface area contributed by atoms with Crippen LogP contribution in [0.15, 0.2) is 30.3 Å². The number of hydrogen-bond acceptors (Lipinski definition) is 4. The molecule has 0 radical (unpaired) electrons. The molecule has 0 heterocycles. The SMILES string of the molecule is NCCOC1CCC(NC(=O)OCc2ccccc2)CC1. The molecule has 1 aromatic rings. The van der Waals surface area contributed by atoms with Crippen LogP contribution in [0.5, 0.6) is 0 Å². The summed E-state index contributed by atoms with van der Waals surface area (Å²) in [6, 6.07) is 9.86. The molecule has 0 bridgehead atoms. The minimum Gasteiger partial charge on any atom is -0.445 e. The second-order valence-electron chi connectivity index (χ2n) is 5.34. The number of nitrogens with two attached hydrogens (primary N) is 1. The van der Waals surface area contributed by atoms with E-state index in [0.717, 1.165) is 31.2 Å². The summed E-state index contributed by atoms with van der Waals surface area (Å²) in [4.78, 5) is 11.8. The second-order valence-corrected chi connectivity index (χ2v) is 5.34. The van der Waals surface area contributed by atoms with Crippen LogP contribution >= 0.6 is 0 Å². The molecule has 1 aliphatic rings. The van der Waals surface area contributed by atoms with Gasteiger partial charge >= 0.3 is 6.09 Å². The second kappa shape index (κ2) is 8.64. The molecule has 21 heavy (non-hydrogen) atoms. The Kier molecular flexibility index (Phi) is 6.50. The Morgan fingerprint density at radius 2 is 1.90 bits per heavy atom. The Labute approximate surface area is 125 Å². The molecule has 0 atom stereocenters. The Hall–Kier alpha value is -1.59. The summed E-state index contributed by atoms with van der Waals surface area (Å²) in [7, 11) is 0. The van der Waals surface area contributed by atoms with Crippen molar-refractivity contribution in [3.8, 4) is 0 Å². The van der Waals surface area contributed by atoms with E-state index < -0.39 is 0 Å². The molecule has 0 saturated heterocycles. The maximum absolute atomic E-state index is 11.8. The topological polar surface area (TPSA) is 73.6 Å². The van der Waals surface area contributed by atoms with E-state index in [1.807, 2.05) is 30.3 Å². The van der Waals surface area contributed by atoms with Gasteiger partial charge in [-0.1, -0.05) is 30.3 Å². The molecule has 1 fully saturated rings. The van der Waals surface area contributed by atoms with Gasteiger partial charge in [-0.3, -0.25) is 0 Å². The van der Waals surface area contributed by atoms with Gasteiger partial charge in [0.15, 0.2) is 0 Å². The predicted octanol–water partition coefficient (Wildman–Crippen LogP) is 2.20. The molecule has 0 aromatic heterocycles. The highest BCUT2D eigenvalue weighted by molar-refractivity contribution is 5.67. The first-order chi connectivity index (χ1) is 10.3. The van der Waals surface area contributed by atoms with Gasteiger partial charge in [-0.25, -0.2) is 4.79 Å². The molecule has 0 unspecified atom stereocenters. The highest BCUT2D eigenvalue weighted by atomic mass is 16.5. The zero-order valence-electron chi connectivity index (χ0n) is 12.3. The van der Waals surface area contributed by atoms with E-state index >= 15 is 0 Å². The number of nitrogens with one attached hydrogen (secondary N) is 1. The van der Waals surface area contributed by atoms with Gasteiger partial charge in [0.1, 0.15) is 6.61 Å². The lowest BCUT2D eigenvalue weighted by Crippen LogP contribution is -2.39. The van der Waals surface area contributed by atoms with Gasteiger partial charge < -0.3 is 20.5 Å². The van der Waals surface area contributed by atoms with Gasteiger partial charge in [0.25, 0.3) is 0 Å². The summed E-state index contributed by atoms with van der Waals surface area (Å²) < 4.78 is 10.8. The smallest absolute Gasteiger partial charge is 0.407 e. The van der Waals surface area contributed by atoms with E-state index in [1.165, 1.54) is 0 Å². The van der Waals surface area contributed by atoms with Crippen molar-refractivity contribution in [3.63, 3.8) is 0 Å². The molecule has 1 saturated carbocycles. The van der Waals surface area contributed by atoms with Gasteiger partial charge in [0, 0.05) is 12.6 Å². The average Bonchev–Trinajstić information content (AvgIpc) is 2.53. The molecule has 1 aliphatic carbocycles. The number of rotatable bonds is 6. The first-order valence-electron chi connectivity index (χ1n) is 7.57. The molecule has 2 rings (SSSR count). The summed E-state index contributed by atoms with van der Waals surface area (Å²) in [6.45, 7) is 1.48. The molecule has 5 nitrogen and oxygen atoms in total. The summed E-state index contributed by atoms with van der Waals surface area (Å²) in [5, 5.41) is 2.92. The van der Waals surface area contributed by atoms with Crippen molar-refractivity contribution in [2.45, 2.75) is 44.4 Å².